The molecule has 0 spiro atoms. The Kier molecular flexibility index (Phi) is 8.21. The molecule has 0 saturated carbocycles. The molecular weight excluding hydrogens is 783 g/mol. The maximum absolute atomic E-state index is 6.75. The van der Waals surface area contributed by atoms with Crippen LogP contribution in [0.1, 0.15) is 22.9 Å². The zero-order valence-electron chi connectivity index (χ0n) is 34.5. The molecule has 2 aromatic heterocycles. The zero-order valence-corrected chi connectivity index (χ0v) is 34.5. The van der Waals surface area contributed by atoms with Crippen molar-refractivity contribution in [3.8, 4) is 33.4 Å². The minimum atomic E-state index is -0.391. The number of para-hydroxylation sites is 1. The average Bonchev–Trinajstić information content (AvgIpc) is 3.92. The molecule has 12 aromatic rings. The largest absolute Gasteiger partial charge is 0.456 e. The normalized spacial score (nSPS) is 14.1. The van der Waals surface area contributed by atoms with Gasteiger partial charge in [0.25, 0.3) is 0 Å². The van der Waals surface area contributed by atoms with E-state index < -0.39 is 6.17 Å². The lowest BCUT2D eigenvalue weighted by atomic mass is 9.91. The predicted molar refractivity (Wildman–Crippen MR) is 264 cm³/mol. The lowest BCUT2D eigenvalue weighted by Crippen LogP contribution is -2.33. The van der Waals surface area contributed by atoms with Gasteiger partial charge in [-0.3, -0.25) is 0 Å². The van der Waals surface area contributed by atoms with Crippen molar-refractivity contribution in [1.82, 2.24) is 5.32 Å². The van der Waals surface area contributed by atoms with Crippen LogP contribution in [-0.4, -0.2) is 11.7 Å². The van der Waals surface area contributed by atoms with Gasteiger partial charge in [0.1, 0.15) is 34.3 Å². The van der Waals surface area contributed by atoms with Gasteiger partial charge in [0, 0.05) is 32.7 Å². The molecule has 5 nitrogen and oxygen atoms in total. The molecule has 0 radical (unpaired) electrons. The minimum absolute atomic E-state index is 0.391. The van der Waals surface area contributed by atoms with Crippen molar-refractivity contribution in [3.05, 3.63) is 229 Å². The fraction of sp³-hybridized carbons (Fsp3) is 0.0169. The highest BCUT2D eigenvalue weighted by molar-refractivity contribution is 6.18. The third-order valence-electron chi connectivity index (χ3n) is 12.7. The van der Waals surface area contributed by atoms with Gasteiger partial charge in [-0.15, -0.1) is 0 Å². The van der Waals surface area contributed by atoms with E-state index in [0.29, 0.717) is 5.84 Å². The molecule has 1 aliphatic rings. The molecule has 1 N–H and O–H groups in total. The van der Waals surface area contributed by atoms with Crippen LogP contribution in [0.3, 0.4) is 0 Å². The number of nitrogens with zero attached hydrogens (tertiary/aromatic N) is 2. The number of hydrogen-bond donors (Lipinski definition) is 1. The summed E-state index contributed by atoms with van der Waals surface area (Å²) < 4.78 is 13.0. The summed E-state index contributed by atoms with van der Waals surface area (Å²) in [6.45, 7) is 0. The van der Waals surface area contributed by atoms with E-state index in [-0.39, 0.29) is 0 Å². The maximum atomic E-state index is 6.75. The van der Waals surface area contributed by atoms with Crippen molar-refractivity contribution in [3.63, 3.8) is 0 Å². The van der Waals surface area contributed by atoms with Crippen LogP contribution < -0.4 is 5.32 Å². The lowest BCUT2D eigenvalue weighted by molar-refractivity contribution is 0.663. The molecule has 0 bridgehead atoms. The summed E-state index contributed by atoms with van der Waals surface area (Å²) in [7, 11) is 0. The van der Waals surface area contributed by atoms with Gasteiger partial charge in [0.05, 0.1) is 0 Å². The number of furan rings is 2. The van der Waals surface area contributed by atoms with Crippen LogP contribution in [-0.2, 0) is 0 Å². The van der Waals surface area contributed by atoms with Gasteiger partial charge in [0.2, 0.25) is 0 Å². The summed E-state index contributed by atoms with van der Waals surface area (Å²) >= 11 is 0. The smallest absolute Gasteiger partial charge is 0.159 e. The Bertz CT molecular complexity index is 3850. The molecular formula is C59H37N3O2. The second-order valence-electron chi connectivity index (χ2n) is 16.6. The molecule has 13 rings (SSSR count). The number of nitrogens with one attached hydrogen (secondary N) is 1. The van der Waals surface area contributed by atoms with E-state index in [1.807, 2.05) is 24.3 Å². The molecule has 1 atom stereocenters. The number of rotatable bonds is 6. The maximum Gasteiger partial charge on any atom is 0.159 e. The van der Waals surface area contributed by atoms with Crippen LogP contribution in [0.25, 0.3) is 98.8 Å². The first-order chi connectivity index (χ1) is 31.7. The minimum Gasteiger partial charge on any atom is -0.456 e. The molecule has 300 valence electrons. The second-order valence-corrected chi connectivity index (χ2v) is 16.6. The number of hydrogen-bond acceptors (Lipinski definition) is 5. The van der Waals surface area contributed by atoms with Crippen LogP contribution in [0.5, 0.6) is 0 Å². The Balaban J connectivity index is 0.939. The molecule has 0 fully saturated rings. The lowest BCUT2D eigenvalue weighted by Gasteiger charge is -2.24. The van der Waals surface area contributed by atoms with Crippen LogP contribution >= 0.6 is 0 Å². The molecule has 10 aromatic carbocycles. The first-order valence-corrected chi connectivity index (χ1v) is 21.6. The highest BCUT2D eigenvalue weighted by atomic mass is 16.3. The van der Waals surface area contributed by atoms with E-state index in [0.717, 1.165) is 94.0 Å². The molecule has 0 aliphatic carbocycles. The van der Waals surface area contributed by atoms with Gasteiger partial charge in [-0.1, -0.05) is 170 Å². The molecule has 64 heavy (non-hydrogen) atoms. The van der Waals surface area contributed by atoms with Gasteiger partial charge in [-0.25, -0.2) is 9.98 Å². The SMILES string of the molecule is c1ccc(-c2ccc(C3=NC(c4ccc5oc6ccccc6c5c4)NC(c4ccc(-c5cc(-c6cccc7ccccc67)cc6oc7cc8ccccc8cc7c56)cc4)=N3)cc2)cc1. The molecule has 1 unspecified atom stereocenters. The zero-order chi connectivity index (χ0) is 42.1. The van der Waals surface area contributed by atoms with E-state index in [1.165, 1.54) is 27.3 Å². The van der Waals surface area contributed by atoms with Gasteiger partial charge < -0.3 is 14.2 Å². The number of aliphatic imine (C=N–C) groups is 2. The highest BCUT2D eigenvalue weighted by Gasteiger charge is 2.23. The van der Waals surface area contributed by atoms with Crippen molar-refractivity contribution in [1.29, 1.82) is 0 Å². The standard InChI is InChI=1S/C59H37N3O2/c1-2-11-36(12-3-1)37-21-25-40(26-22-37)57-60-58(62-59(61-57)44-29-30-53-50(32-44)48-18-8-9-20-52(48)63-53)41-27-23-39(24-28-41)49-33-45(47-19-10-16-38-13-6-7-17-46(38)47)35-55-56(49)51-31-42-14-4-5-15-43(42)34-54(51)64-55/h1-35,59H,(H,60,61,62). The third kappa shape index (κ3) is 6.09. The number of fused-ring (bicyclic) bond motifs is 8. The average molecular weight is 820 g/mol. The summed E-state index contributed by atoms with van der Waals surface area (Å²) in [5.41, 5.74) is 13.2. The van der Waals surface area contributed by atoms with Crippen LogP contribution in [0, 0.1) is 0 Å². The van der Waals surface area contributed by atoms with Crippen LogP contribution in [0.15, 0.2) is 231 Å². The summed E-state index contributed by atoms with van der Waals surface area (Å²) in [5, 5.41) is 12.8. The highest BCUT2D eigenvalue weighted by Crippen LogP contribution is 2.43. The molecule has 0 amide bonds. The number of benzene rings is 10. The summed E-state index contributed by atoms with van der Waals surface area (Å²) in [6.07, 6.45) is -0.391. The first kappa shape index (κ1) is 36.1. The fourth-order valence-electron chi connectivity index (χ4n) is 9.51. The van der Waals surface area contributed by atoms with E-state index in [4.69, 9.17) is 18.8 Å². The Morgan fingerprint density at radius 2 is 1.00 bits per heavy atom. The monoisotopic (exact) mass is 819 g/mol. The summed E-state index contributed by atoms with van der Waals surface area (Å²) in [6, 6.07) is 74.8. The van der Waals surface area contributed by atoms with Crippen molar-refractivity contribution >= 4 is 77.1 Å². The van der Waals surface area contributed by atoms with Gasteiger partial charge in [-0.05, 0) is 103 Å². The van der Waals surface area contributed by atoms with Crippen molar-refractivity contribution in [2.75, 3.05) is 0 Å². The van der Waals surface area contributed by atoms with E-state index >= 15 is 0 Å². The third-order valence-corrected chi connectivity index (χ3v) is 12.7. The second kappa shape index (κ2) is 14.5. The van der Waals surface area contributed by atoms with Crippen molar-refractivity contribution in [2.45, 2.75) is 6.17 Å². The molecule has 3 heterocycles. The van der Waals surface area contributed by atoms with Crippen LogP contribution in [0.4, 0.5) is 0 Å². The van der Waals surface area contributed by atoms with Gasteiger partial charge in [0.15, 0.2) is 5.84 Å². The topological polar surface area (TPSA) is 63.0 Å². The quantitative estimate of drug-likeness (QED) is 0.182. The Morgan fingerprint density at radius 1 is 0.359 bits per heavy atom. The fourth-order valence-corrected chi connectivity index (χ4v) is 9.51. The molecule has 5 heteroatoms. The van der Waals surface area contributed by atoms with E-state index in [2.05, 4.69) is 193 Å². The van der Waals surface area contributed by atoms with Gasteiger partial charge in [-0.2, -0.15) is 0 Å². The first-order valence-electron chi connectivity index (χ1n) is 21.6. The Hall–Kier alpha value is -8.54. The summed E-state index contributed by atoms with van der Waals surface area (Å²) in [5.74, 6) is 1.42. The van der Waals surface area contributed by atoms with Crippen LogP contribution in [0.2, 0.25) is 0 Å². The molecule has 1 aliphatic heterocycles. The Labute approximate surface area is 368 Å². The Morgan fingerprint density at radius 3 is 1.84 bits per heavy atom. The predicted octanol–water partition coefficient (Wildman–Crippen LogP) is 15.3. The van der Waals surface area contributed by atoms with E-state index in [9.17, 15) is 0 Å². The number of amidine groups is 2. The van der Waals surface area contributed by atoms with Crippen molar-refractivity contribution < 1.29 is 8.83 Å². The van der Waals surface area contributed by atoms with E-state index in [1.54, 1.807) is 0 Å². The summed E-state index contributed by atoms with van der Waals surface area (Å²) in [4.78, 5) is 10.5. The van der Waals surface area contributed by atoms with Crippen molar-refractivity contribution in [2.24, 2.45) is 9.98 Å². The van der Waals surface area contributed by atoms with Gasteiger partial charge >= 0.3 is 0 Å². The molecule has 0 saturated heterocycles.